The van der Waals surface area contributed by atoms with E-state index in [1.807, 2.05) is 0 Å². The van der Waals surface area contributed by atoms with Crippen LogP contribution in [-0.2, 0) is 46.5 Å². The number of aliphatic hydroxyl groups is 2. The van der Waals surface area contributed by atoms with E-state index in [1.54, 1.807) is 0 Å². The Labute approximate surface area is 239 Å². The molecule has 4 aromatic heterocycles. The maximum absolute atomic E-state index is 12.4. The third-order valence-electron chi connectivity index (χ3n) is 7.74. The number of H-pyrrole nitrogens is 1. The summed E-state index contributed by atoms with van der Waals surface area (Å²) in [6.07, 6.45) is 1.98. The van der Waals surface area contributed by atoms with Gasteiger partial charge in [0.25, 0.3) is 5.56 Å². The summed E-state index contributed by atoms with van der Waals surface area (Å²) in [6, 6.07) is 0. The summed E-state index contributed by atoms with van der Waals surface area (Å²) < 4.78 is 32.4. The van der Waals surface area contributed by atoms with E-state index in [-0.39, 0.29) is 55.8 Å². The molecule has 0 amide bonds. The molecule has 3 aliphatic rings. The molecule has 7 heterocycles. The highest BCUT2D eigenvalue weighted by molar-refractivity contribution is 8.07. The third kappa shape index (κ3) is 3.99. The zero-order valence-electron chi connectivity index (χ0n) is 21.6. The molecule has 3 fully saturated rings. The van der Waals surface area contributed by atoms with Gasteiger partial charge in [-0.1, -0.05) is 0 Å². The number of nitrogens with zero attached hydrogens (tertiary/aromatic N) is 7. The molecule has 0 aliphatic carbocycles. The van der Waals surface area contributed by atoms with Crippen LogP contribution in [0.15, 0.2) is 23.8 Å². The van der Waals surface area contributed by atoms with Crippen LogP contribution in [0.3, 0.4) is 0 Å². The molecule has 7 rings (SSSR count). The molecule has 19 nitrogen and oxygen atoms in total. The standard InChI is InChI=1S/C21H25N10O9PS/c22-13-11-14(25-7-24-13)31(9-26-11)21-6-37-19(3-38-21,17(21)34)4-39-41(35,42)40-20(1-10(2-32)36-5-20)30-8-27-12-15(30)28-18(23)29-16(12)33/h7-10,17,32,34H,1-6H2,(H,35,42)(H2,22,24,25)(H3,23,28,29,33)/t10-,17+,19+,20+,21-,41?/m0/s1. The Bertz CT molecular complexity index is 1810. The van der Waals surface area contributed by atoms with Crippen LogP contribution in [0.1, 0.15) is 6.42 Å². The van der Waals surface area contributed by atoms with Crippen LogP contribution in [0, 0.1) is 0 Å². The zero-order valence-corrected chi connectivity index (χ0v) is 23.3. The number of imidazole rings is 2. The smallest absolute Gasteiger partial charge is 0.326 e. The molecule has 0 aromatic carbocycles. The maximum Gasteiger partial charge on any atom is 0.326 e. The van der Waals surface area contributed by atoms with Crippen LogP contribution in [0.25, 0.3) is 22.3 Å². The Hall–Kier alpha value is -3.17. The van der Waals surface area contributed by atoms with E-state index in [2.05, 4.69) is 29.9 Å². The van der Waals surface area contributed by atoms with Gasteiger partial charge in [-0.2, -0.15) is 4.98 Å². The molecule has 21 heteroatoms. The Kier molecular flexibility index (Phi) is 6.20. The van der Waals surface area contributed by atoms with Gasteiger partial charge in [0, 0.05) is 6.42 Å². The van der Waals surface area contributed by atoms with Crippen molar-refractivity contribution in [3.05, 3.63) is 29.3 Å². The molecular weight excluding hydrogens is 599 g/mol. The molecule has 0 saturated carbocycles. The van der Waals surface area contributed by atoms with Crippen molar-refractivity contribution in [2.24, 2.45) is 0 Å². The molecule has 8 N–H and O–H groups in total. The number of nitrogen functional groups attached to an aromatic ring is 2. The molecule has 0 radical (unpaired) electrons. The van der Waals surface area contributed by atoms with E-state index in [1.165, 1.54) is 28.1 Å². The Morgan fingerprint density at radius 2 is 1.90 bits per heavy atom. The molecule has 3 aliphatic heterocycles. The monoisotopic (exact) mass is 624 g/mol. The lowest BCUT2D eigenvalue weighted by atomic mass is 9.97. The third-order valence-corrected chi connectivity index (χ3v) is 9.31. The van der Waals surface area contributed by atoms with E-state index in [9.17, 15) is 19.9 Å². The molecule has 42 heavy (non-hydrogen) atoms. The normalized spacial score (nSPS) is 32.3. The summed E-state index contributed by atoms with van der Waals surface area (Å²) in [5, 5.41) is 21.2. The quantitative estimate of drug-likeness (QED) is 0.112. The van der Waals surface area contributed by atoms with Gasteiger partial charge in [0.15, 0.2) is 34.1 Å². The van der Waals surface area contributed by atoms with Crippen LogP contribution in [-0.4, -0.2) is 105 Å². The molecule has 224 valence electrons. The predicted molar refractivity (Wildman–Crippen MR) is 144 cm³/mol. The molecule has 3 saturated heterocycles. The van der Waals surface area contributed by atoms with Gasteiger partial charge in [0.2, 0.25) is 5.95 Å². The predicted octanol–water partition coefficient (Wildman–Crippen LogP) is -2.38. The number of aromatic nitrogens is 8. The van der Waals surface area contributed by atoms with Crippen molar-refractivity contribution in [3.8, 4) is 0 Å². The lowest BCUT2D eigenvalue weighted by Gasteiger charge is -2.34. The number of hydrogen-bond donors (Lipinski definition) is 6. The number of rotatable bonds is 8. The second kappa shape index (κ2) is 9.41. The van der Waals surface area contributed by atoms with Crippen molar-refractivity contribution in [1.82, 2.24) is 39.0 Å². The first-order valence-electron chi connectivity index (χ1n) is 12.6. The van der Waals surface area contributed by atoms with Crippen molar-refractivity contribution in [3.63, 3.8) is 0 Å². The SMILES string of the molecule is Nc1nc2c(ncn2[C@]2(OP(O)(=S)OC[C@@]34CO[C@@](n5cnc6c(N)ncnc65)(CO3)[C@@H]4O)CO[C@H](CO)C2)c(=O)[nH]1. The number of ether oxygens (including phenoxy) is 3. The summed E-state index contributed by atoms with van der Waals surface area (Å²) >= 11 is 5.38. The van der Waals surface area contributed by atoms with Gasteiger partial charge in [-0.15, -0.1) is 0 Å². The summed E-state index contributed by atoms with van der Waals surface area (Å²) in [7, 11) is 0. The molecule has 6 atom stereocenters. The van der Waals surface area contributed by atoms with Crippen molar-refractivity contribution in [2.45, 2.75) is 35.7 Å². The lowest BCUT2D eigenvalue weighted by Crippen LogP contribution is -2.47. The largest absolute Gasteiger partial charge is 0.394 e. The van der Waals surface area contributed by atoms with Crippen molar-refractivity contribution in [2.75, 3.05) is 44.5 Å². The summed E-state index contributed by atoms with van der Waals surface area (Å²) in [6.45, 7) is -5.34. The summed E-state index contributed by atoms with van der Waals surface area (Å²) in [5.41, 5.74) is 7.35. The van der Waals surface area contributed by atoms with Gasteiger partial charge in [0.05, 0.1) is 51.8 Å². The summed E-state index contributed by atoms with van der Waals surface area (Å²) in [5.74, 6) is -0.00611. The molecule has 2 bridgehead atoms. The highest BCUT2D eigenvalue weighted by atomic mass is 32.5. The van der Waals surface area contributed by atoms with Gasteiger partial charge in [-0.3, -0.25) is 23.4 Å². The van der Waals surface area contributed by atoms with Gasteiger partial charge < -0.3 is 45.3 Å². The van der Waals surface area contributed by atoms with Crippen molar-refractivity contribution in [1.29, 1.82) is 0 Å². The first-order valence-corrected chi connectivity index (χ1v) is 15.1. The van der Waals surface area contributed by atoms with E-state index in [0.29, 0.717) is 11.2 Å². The van der Waals surface area contributed by atoms with Gasteiger partial charge >= 0.3 is 6.72 Å². The number of aromatic amines is 1. The second-order valence-corrected chi connectivity index (χ2v) is 13.0. The zero-order chi connectivity index (χ0) is 29.5. The van der Waals surface area contributed by atoms with Gasteiger partial charge in [0.1, 0.15) is 23.5 Å². The number of aliphatic hydroxyl groups excluding tert-OH is 2. The van der Waals surface area contributed by atoms with E-state index < -0.39 is 48.1 Å². The fraction of sp³-hybridized carbons (Fsp3) is 0.524. The van der Waals surface area contributed by atoms with E-state index in [4.69, 9.17) is 46.5 Å². The minimum Gasteiger partial charge on any atom is -0.394 e. The molecule has 4 aromatic rings. The number of hydrogen-bond acceptors (Lipinski definition) is 16. The first-order chi connectivity index (χ1) is 20.0. The lowest BCUT2D eigenvalue weighted by molar-refractivity contribution is -0.171. The first kappa shape index (κ1) is 27.7. The number of nitrogens with two attached hydrogens (primary N) is 2. The number of anilines is 2. The van der Waals surface area contributed by atoms with Crippen molar-refractivity contribution < 1.29 is 38.4 Å². The highest BCUT2D eigenvalue weighted by Gasteiger charge is 2.67. The van der Waals surface area contributed by atoms with Crippen LogP contribution in [0.2, 0.25) is 0 Å². The van der Waals surface area contributed by atoms with Crippen molar-refractivity contribution >= 4 is 52.6 Å². The number of fused-ring (bicyclic) bond motifs is 4. The Balaban J connectivity index is 1.16. The van der Waals surface area contributed by atoms with Crippen LogP contribution in [0.5, 0.6) is 0 Å². The average Bonchev–Trinajstić information content (AvgIpc) is 3.76. The maximum atomic E-state index is 12.4. The van der Waals surface area contributed by atoms with Gasteiger partial charge in [-0.25, -0.2) is 19.9 Å². The fourth-order valence-corrected chi connectivity index (χ4v) is 7.29. The Morgan fingerprint density at radius 3 is 2.64 bits per heavy atom. The number of nitrogens with one attached hydrogen (secondary N) is 1. The minimum atomic E-state index is -4.16. The second-order valence-electron chi connectivity index (χ2n) is 10.3. The van der Waals surface area contributed by atoms with Crippen LogP contribution < -0.4 is 17.0 Å². The summed E-state index contributed by atoms with van der Waals surface area (Å²) in [4.78, 5) is 46.7. The van der Waals surface area contributed by atoms with Gasteiger partial charge in [-0.05, 0) is 11.8 Å². The fourth-order valence-electron chi connectivity index (χ4n) is 5.64. The molecule has 0 spiro atoms. The average molecular weight is 625 g/mol. The molecule has 1 unspecified atom stereocenters. The highest BCUT2D eigenvalue weighted by Crippen LogP contribution is 2.55. The topological polar surface area (TPSA) is 266 Å². The van der Waals surface area contributed by atoms with Crippen LogP contribution >= 0.6 is 6.72 Å². The van der Waals surface area contributed by atoms with Crippen LogP contribution in [0.4, 0.5) is 11.8 Å². The Morgan fingerprint density at radius 1 is 1.12 bits per heavy atom. The van der Waals surface area contributed by atoms with E-state index >= 15 is 0 Å². The molecular formula is C21H25N10O9PS. The minimum absolute atomic E-state index is 0.000829. The van der Waals surface area contributed by atoms with E-state index in [0.717, 1.165) is 0 Å².